The van der Waals surface area contributed by atoms with Crippen LogP contribution in [0.5, 0.6) is 0 Å². The van der Waals surface area contributed by atoms with E-state index in [2.05, 4.69) is 26.7 Å². The number of H-pyrrole nitrogens is 1. The summed E-state index contributed by atoms with van der Waals surface area (Å²) in [7, 11) is 0. The lowest BCUT2D eigenvalue weighted by Gasteiger charge is -2.41. The van der Waals surface area contributed by atoms with Crippen molar-refractivity contribution in [1.29, 1.82) is 0 Å². The minimum atomic E-state index is -0.513. The molecule has 3 N–H and O–H groups in total. The lowest BCUT2D eigenvalue weighted by Crippen LogP contribution is -2.56. The molecule has 2 aliphatic heterocycles. The summed E-state index contributed by atoms with van der Waals surface area (Å²) < 4.78 is 16.6. The molecule has 1 unspecified atom stereocenters. The van der Waals surface area contributed by atoms with Crippen LogP contribution in [0.25, 0.3) is 32.9 Å². The molecule has 0 saturated carbocycles. The zero-order valence-corrected chi connectivity index (χ0v) is 24.0. The van der Waals surface area contributed by atoms with Crippen LogP contribution in [0.15, 0.2) is 37.1 Å². The molecule has 210 valence electrons. The molecule has 2 saturated heterocycles. The highest BCUT2D eigenvalue weighted by Crippen LogP contribution is 2.42. The molecule has 2 aromatic heterocycles. The van der Waals surface area contributed by atoms with E-state index in [9.17, 15) is 4.79 Å². The summed E-state index contributed by atoms with van der Waals surface area (Å²) in [5.41, 5.74) is 8.73. The van der Waals surface area contributed by atoms with Gasteiger partial charge in [0.1, 0.15) is 11.3 Å². The first-order valence-corrected chi connectivity index (χ1v) is 14.0. The fourth-order valence-corrected chi connectivity index (χ4v) is 5.78. The number of aromatic nitrogens is 4. The second-order valence-electron chi connectivity index (χ2n) is 10.1. The molecule has 40 heavy (non-hydrogen) atoms. The van der Waals surface area contributed by atoms with E-state index in [1.165, 1.54) is 6.08 Å². The Hall–Kier alpha value is -3.76. The number of rotatable bonds is 4. The third-order valence-corrected chi connectivity index (χ3v) is 7.80. The van der Waals surface area contributed by atoms with E-state index in [-0.39, 0.29) is 34.1 Å². The Morgan fingerprint density at radius 1 is 1.18 bits per heavy atom. The largest absolute Gasteiger partial charge is 0.352 e. The Bertz CT molecular complexity index is 1600. The molecule has 11 heteroatoms. The van der Waals surface area contributed by atoms with E-state index < -0.39 is 5.82 Å². The Balaban J connectivity index is 0.00000158. The van der Waals surface area contributed by atoms with Gasteiger partial charge in [-0.15, -0.1) is 0 Å². The SMILES string of the molecule is C=CC(=O)N1CCN(c2nc(N3CC(N)C3)nc3c(F)c(-c4c(C)ccc5cn[nH]c45)c(Cl)cc23)CC1C.CC. The van der Waals surface area contributed by atoms with E-state index in [0.29, 0.717) is 61.0 Å². The number of carbonyl (C=O) groups excluding carboxylic acids is 1. The summed E-state index contributed by atoms with van der Waals surface area (Å²) in [5.74, 6) is 0.393. The number of benzene rings is 2. The molecule has 0 bridgehead atoms. The van der Waals surface area contributed by atoms with Gasteiger partial charge in [-0.25, -0.2) is 9.37 Å². The number of carbonyl (C=O) groups is 1. The zero-order valence-electron chi connectivity index (χ0n) is 23.2. The lowest BCUT2D eigenvalue weighted by atomic mass is 9.96. The smallest absolute Gasteiger partial charge is 0.246 e. The highest BCUT2D eigenvalue weighted by atomic mass is 35.5. The first-order chi connectivity index (χ1) is 19.3. The predicted molar refractivity (Wildman–Crippen MR) is 159 cm³/mol. The second-order valence-corrected chi connectivity index (χ2v) is 10.5. The highest BCUT2D eigenvalue weighted by Gasteiger charge is 2.32. The summed E-state index contributed by atoms with van der Waals surface area (Å²) in [6.07, 6.45) is 3.03. The molecule has 0 aliphatic carbocycles. The number of nitrogens with two attached hydrogens (primary N) is 1. The van der Waals surface area contributed by atoms with Crippen LogP contribution in [0.2, 0.25) is 5.02 Å². The molecule has 0 spiro atoms. The first-order valence-electron chi connectivity index (χ1n) is 13.6. The van der Waals surface area contributed by atoms with Gasteiger partial charge in [0, 0.05) is 66.7 Å². The van der Waals surface area contributed by atoms with Crippen molar-refractivity contribution in [2.75, 3.05) is 42.5 Å². The van der Waals surface area contributed by atoms with E-state index in [1.807, 2.05) is 44.7 Å². The van der Waals surface area contributed by atoms with Crippen LogP contribution < -0.4 is 15.5 Å². The van der Waals surface area contributed by atoms with Crippen LogP contribution in [0.1, 0.15) is 26.3 Å². The minimum absolute atomic E-state index is 0.0254. The molecule has 1 atom stereocenters. The molecular formula is C29H34ClFN8O. The topological polar surface area (TPSA) is 107 Å². The van der Waals surface area contributed by atoms with Gasteiger partial charge in [-0.05, 0) is 31.6 Å². The Kier molecular flexibility index (Phi) is 7.65. The second kappa shape index (κ2) is 11.0. The Morgan fingerprint density at radius 3 is 2.60 bits per heavy atom. The molecule has 2 fully saturated rings. The quantitative estimate of drug-likeness (QED) is 0.347. The van der Waals surface area contributed by atoms with E-state index in [0.717, 1.165) is 10.9 Å². The van der Waals surface area contributed by atoms with Crippen LogP contribution >= 0.6 is 11.6 Å². The number of hydrogen-bond donors (Lipinski definition) is 2. The van der Waals surface area contributed by atoms with Crippen molar-refractivity contribution < 1.29 is 9.18 Å². The molecule has 9 nitrogen and oxygen atoms in total. The van der Waals surface area contributed by atoms with Crippen LogP contribution in [-0.2, 0) is 4.79 Å². The van der Waals surface area contributed by atoms with Gasteiger partial charge in [0.2, 0.25) is 11.9 Å². The van der Waals surface area contributed by atoms with Gasteiger partial charge < -0.3 is 20.4 Å². The fraction of sp³-hybridized carbons (Fsp3) is 0.379. The maximum Gasteiger partial charge on any atom is 0.246 e. The highest BCUT2D eigenvalue weighted by molar-refractivity contribution is 6.35. The number of aromatic amines is 1. The third-order valence-electron chi connectivity index (χ3n) is 7.50. The van der Waals surface area contributed by atoms with Gasteiger partial charge in [0.15, 0.2) is 5.82 Å². The number of fused-ring (bicyclic) bond motifs is 2. The van der Waals surface area contributed by atoms with Gasteiger partial charge in [-0.1, -0.05) is 44.2 Å². The van der Waals surface area contributed by atoms with Crippen LogP contribution in [0.4, 0.5) is 16.2 Å². The molecule has 4 heterocycles. The standard InChI is InChI=1S/C27H28ClFN8O.C2H6/c1-4-20(38)37-8-7-35(11-15(37)3)26-18-9-19(28)22(21-14(2)5-6-16-10-31-34-24(16)21)23(29)25(18)32-27(33-26)36-12-17(30)13-36;1-2/h4-6,9-10,15,17H,1,7-8,11-13,30H2,2-3H3,(H,31,34);1-2H3. The van der Waals surface area contributed by atoms with Gasteiger partial charge in [-0.2, -0.15) is 10.1 Å². The number of piperazine rings is 1. The summed E-state index contributed by atoms with van der Waals surface area (Å²) in [5, 5.41) is 8.78. The molecule has 2 aromatic carbocycles. The van der Waals surface area contributed by atoms with Crippen molar-refractivity contribution in [2.45, 2.75) is 39.8 Å². The zero-order chi connectivity index (χ0) is 28.7. The average molecular weight is 565 g/mol. The molecule has 0 radical (unpaired) electrons. The monoisotopic (exact) mass is 564 g/mol. The van der Waals surface area contributed by atoms with Crippen molar-refractivity contribution in [3.8, 4) is 11.1 Å². The van der Waals surface area contributed by atoms with E-state index in [4.69, 9.17) is 22.3 Å². The maximum atomic E-state index is 16.6. The van der Waals surface area contributed by atoms with Crippen molar-refractivity contribution >= 4 is 51.1 Å². The first kappa shape index (κ1) is 27.8. The molecule has 6 rings (SSSR count). The number of halogens is 2. The minimum Gasteiger partial charge on any atom is -0.352 e. The number of nitrogens with one attached hydrogen (secondary N) is 1. The van der Waals surface area contributed by atoms with Gasteiger partial charge in [0.05, 0.1) is 16.7 Å². The summed E-state index contributed by atoms with van der Waals surface area (Å²) >= 11 is 6.83. The number of hydrogen-bond acceptors (Lipinski definition) is 7. The molecule has 1 amide bonds. The van der Waals surface area contributed by atoms with Crippen molar-refractivity contribution in [3.05, 3.63) is 53.5 Å². The lowest BCUT2D eigenvalue weighted by molar-refractivity contribution is -0.128. The van der Waals surface area contributed by atoms with Crippen molar-refractivity contribution in [2.24, 2.45) is 5.73 Å². The molecule has 2 aliphatic rings. The Morgan fingerprint density at radius 2 is 1.93 bits per heavy atom. The van der Waals surface area contributed by atoms with E-state index >= 15 is 4.39 Å². The van der Waals surface area contributed by atoms with Gasteiger partial charge in [0.25, 0.3) is 0 Å². The van der Waals surface area contributed by atoms with Crippen molar-refractivity contribution in [3.63, 3.8) is 0 Å². The number of aryl methyl sites for hydroxylation is 1. The van der Waals surface area contributed by atoms with Gasteiger partial charge >= 0.3 is 0 Å². The Labute approximate surface area is 237 Å². The molecular weight excluding hydrogens is 531 g/mol. The predicted octanol–water partition coefficient (Wildman–Crippen LogP) is 4.67. The number of amides is 1. The van der Waals surface area contributed by atoms with Crippen LogP contribution in [0.3, 0.4) is 0 Å². The average Bonchev–Trinajstić information content (AvgIpc) is 3.42. The normalized spacial score (nSPS) is 17.6. The summed E-state index contributed by atoms with van der Waals surface area (Å²) in [4.78, 5) is 27.6. The molecule has 4 aromatic rings. The maximum absolute atomic E-state index is 16.6. The summed E-state index contributed by atoms with van der Waals surface area (Å²) in [6, 6.07) is 5.56. The summed E-state index contributed by atoms with van der Waals surface area (Å²) in [6.45, 7) is 14.2. The number of anilines is 2. The van der Waals surface area contributed by atoms with Crippen LogP contribution in [0, 0.1) is 12.7 Å². The fourth-order valence-electron chi connectivity index (χ4n) is 5.49. The number of nitrogens with zero attached hydrogens (tertiary/aromatic N) is 6. The van der Waals surface area contributed by atoms with Gasteiger partial charge in [-0.3, -0.25) is 9.89 Å². The third kappa shape index (κ3) is 4.65. The van der Waals surface area contributed by atoms with Crippen molar-refractivity contribution in [1.82, 2.24) is 25.1 Å². The van der Waals surface area contributed by atoms with E-state index in [1.54, 1.807) is 17.2 Å². The van der Waals surface area contributed by atoms with Crippen LogP contribution in [-0.4, -0.2) is 75.8 Å².